The Morgan fingerprint density at radius 3 is 2.37 bits per heavy atom. The van der Waals surface area contributed by atoms with Gasteiger partial charge in [-0.3, -0.25) is 14.5 Å². The van der Waals surface area contributed by atoms with Crippen LogP contribution in [0.3, 0.4) is 0 Å². The van der Waals surface area contributed by atoms with Crippen LogP contribution in [0.5, 0.6) is 11.5 Å². The molecule has 0 saturated carbocycles. The van der Waals surface area contributed by atoms with Gasteiger partial charge >= 0.3 is 12.1 Å². The van der Waals surface area contributed by atoms with Crippen molar-refractivity contribution in [2.75, 3.05) is 39.3 Å². The molecule has 332 valence electrons. The third-order valence-corrected chi connectivity index (χ3v) is 11.9. The molecule has 4 atom stereocenters. The number of carbonyl (C=O) groups excluding carboxylic acids is 3. The van der Waals surface area contributed by atoms with E-state index in [0.29, 0.717) is 47.6 Å². The number of aromatic amines is 1. The molecule has 0 radical (unpaired) electrons. The zero-order valence-electron chi connectivity index (χ0n) is 35.8. The highest BCUT2D eigenvalue weighted by Gasteiger charge is 2.37. The monoisotopic (exact) mass is 859 g/mol. The number of hydrogen-bond donors (Lipinski definition) is 6. The van der Waals surface area contributed by atoms with E-state index in [9.17, 15) is 29.4 Å². The Bertz CT molecular complexity index is 2380. The number of nitrogens with one attached hydrogen (secondary N) is 4. The summed E-state index contributed by atoms with van der Waals surface area (Å²) >= 11 is 0. The maximum absolute atomic E-state index is 13.3. The maximum Gasteiger partial charge on any atom is 0.408 e. The van der Waals surface area contributed by atoms with Crippen LogP contribution in [-0.4, -0.2) is 89.5 Å². The van der Waals surface area contributed by atoms with Crippen LogP contribution in [0.1, 0.15) is 84.3 Å². The van der Waals surface area contributed by atoms with Crippen molar-refractivity contribution in [2.24, 2.45) is 11.8 Å². The van der Waals surface area contributed by atoms with Gasteiger partial charge in [-0.1, -0.05) is 74.5 Å². The van der Waals surface area contributed by atoms with Crippen LogP contribution in [-0.2, 0) is 20.9 Å². The van der Waals surface area contributed by atoms with Crippen LogP contribution in [0, 0.1) is 11.8 Å². The third-order valence-electron chi connectivity index (χ3n) is 11.9. The van der Waals surface area contributed by atoms with E-state index in [1.165, 1.54) is 12.1 Å². The predicted molar refractivity (Wildman–Crippen MR) is 238 cm³/mol. The second-order valence-electron chi connectivity index (χ2n) is 16.7. The Labute approximate surface area is 367 Å². The SMILES string of the molecule is CC(C)C(NC(=O)c1ccc(COc2cccc([C@@H](NC(=O)OC3CN4CCC3CC4)c3ccccc3)c2)cc1)C(=O)OCCCCNCC(O)c1ccc(O)c2[nH]c(=O)ccc12. The number of aliphatic hydroxyl groups is 1. The molecule has 3 aliphatic heterocycles. The first-order valence-electron chi connectivity index (χ1n) is 21.8. The van der Waals surface area contributed by atoms with Gasteiger partial charge in [-0.25, -0.2) is 9.59 Å². The number of fused-ring (bicyclic) bond motifs is 4. The van der Waals surface area contributed by atoms with E-state index in [4.69, 9.17) is 14.2 Å². The zero-order chi connectivity index (χ0) is 44.3. The van der Waals surface area contributed by atoms with Crippen LogP contribution >= 0.6 is 0 Å². The average molecular weight is 860 g/mol. The number of pyridine rings is 1. The van der Waals surface area contributed by atoms with E-state index in [0.717, 1.165) is 49.2 Å². The van der Waals surface area contributed by atoms with Crippen molar-refractivity contribution < 1.29 is 38.8 Å². The van der Waals surface area contributed by atoms with Crippen molar-refractivity contribution in [3.63, 3.8) is 0 Å². The maximum atomic E-state index is 13.3. The molecule has 3 unspecified atom stereocenters. The summed E-state index contributed by atoms with van der Waals surface area (Å²) in [5.74, 6) is -0.165. The number of esters is 1. The molecule has 14 heteroatoms. The topological polar surface area (TPSA) is 192 Å². The molecule has 2 amide bonds. The molecule has 5 aromatic rings. The van der Waals surface area contributed by atoms with Crippen molar-refractivity contribution in [3.05, 3.63) is 141 Å². The van der Waals surface area contributed by atoms with Crippen LogP contribution in [0.25, 0.3) is 10.9 Å². The highest BCUT2D eigenvalue weighted by atomic mass is 16.6. The minimum absolute atomic E-state index is 0.0698. The predicted octanol–water partition coefficient (Wildman–Crippen LogP) is 6.12. The Morgan fingerprint density at radius 1 is 0.873 bits per heavy atom. The molecular formula is C49H57N5O9. The molecule has 3 saturated heterocycles. The number of ether oxygens (including phenoxy) is 3. The molecule has 1 aromatic heterocycles. The number of hydrogen-bond acceptors (Lipinski definition) is 11. The number of alkyl carbamates (subject to hydrolysis) is 1. The third kappa shape index (κ3) is 11.8. The molecule has 14 nitrogen and oxygen atoms in total. The number of rotatable bonds is 19. The molecular weight excluding hydrogens is 803 g/mol. The molecule has 0 spiro atoms. The number of unbranched alkanes of at least 4 members (excludes halogenated alkanes) is 1. The Morgan fingerprint density at radius 2 is 1.63 bits per heavy atom. The number of nitrogens with zero attached hydrogens (tertiary/aromatic N) is 1. The number of carbonyl (C=O) groups is 3. The van der Waals surface area contributed by atoms with Crippen molar-refractivity contribution in [3.8, 4) is 11.5 Å². The number of H-pyrrole nitrogens is 1. The first-order chi connectivity index (χ1) is 30.5. The quantitative estimate of drug-likeness (QED) is 0.0414. The number of amides is 2. The smallest absolute Gasteiger partial charge is 0.408 e. The summed E-state index contributed by atoms with van der Waals surface area (Å²) in [5, 5.41) is 30.6. The van der Waals surface area contributed by atoms with Gasteiger partial charge in [0.25, 0.3) is 5.91 Å². The first-order valence-corrected chi connectivity index (χ1v) is 21.8. The number of piperidine rings is 3. The van der Waals surface area contributed by atoms with E-state index in [-0.39, 0.29) is 48.6 Å². The Balaban J connectivity index is 0.849. The van der Waals surface area contributed by atoms with E-state index < -0.39 is 36.2 Å². The lowest BCUT2D eigenvalue weighted by atomic mass is 9.86. The zero-order valence-corrected chi connectivity index (χ0v) is 35.8. The average Bonchev–Trinajstić information content (AvgIpc) is 3.30. The number of aliphatic hydroxyl groups excluding tert-OH is 1. The fourth-order valence-electron chi connectivity index (χ4n) is 8.28. The minimum atomic E-state index is -0.873. The summed E-state index contributed by atoms with van der Waals surface area (Å²) in [6.45, 7) is 7.82. The van der Waals surface area contributed by atoms with Gasteiger partial charge in [0.05, 0.1) is 24.3 Å². The lowest BCUT2D eigenvalue weighted by Crippen LogP contribution is -2.52. The lowest BCUT2D eigenvalue weighted by Gasteiger charge is -2.43. The van der Waals surface area contributed by atoms with Gasteiger partial charge in [0.1, 0.15) is 30.3 Å². The van der Waals surface area contributed by atoms with Crippen molar-refractivity contribution in [1.82, 2.24) is 25.8 Å². The molecule has 3 fully saturated rings. The van der Waals surface area contributed by atoms with Crippen LogP contribution in [0.2, 0.25) is 0 Å². The minimum Gasteiger partial charge on any atom is -0.506 e. The van der Waals surface area contributed by atoms with Gasteiger partial charge in [-0.15, -0.1) is 0 Å². The van der Waals surface area contributed by atoms with E-state index in [2.05, 4.69) is 25.8 Å². The lowest BCUT2D eigenvalue weighted by molar-refractivity contribution is -0.147. The number of aromatic nitrogens is 1. The Hall–Kier alpha value is -6.22. The summed E-state index contributed by atoms with van der Waals surface area (Å²) < 4.78 is 17.7. The Kier molecular flexibility index (Phi) is 15.1. The van der Waals surface area contributed by atoms with Gasteiger partial charge in [0.2, 0.25) is 5.56 Å². The van der Waals surface area contributed by atoms with E-state index in [1.807, 2.05) is 80.6 Å². The highest BCUT2D eigenvalue weighted by Crippen LogP contribution is 2.31. The van der Waals surface area contributed by atoms with Crippen molar-refractivity contribution in [1.29, 1.82) is 0 Å². The van der Waals surface area contributed by atoms with Crippen LogP contribution in [0.4, 0.5) is 4.79 Å². The summed E-state index contributed by atoms with van der Waals surface area (Å²) in [5.41, 5.74) is 3.51. The van der Waals surface area contributed by atoms with Gasteiger partial charge < -0.3 is 45.4 Å². The fourth-order valence-corrected chi connectivity index (χ4v) is 8.28. The van der Waals surface area contributed by atoms with Crippen LogP contribution < -0.4 is 26.2 Å². The van der Waals surface area contributed by atoms with Gasteiger partial charge in [0, 0.05) is 30.1 Å². The molecule has 63 heavy (non-hydrogen) atoms. The van der Waals surface area contributed by atoms with Crippen molar-refractivity contribution >= 4 is 28.9 Å². The number of aromatic hydroxyl groups is 1. The molecule has 8 rings (SSSR count). The van der Waals surface area contributed by atoms with Crippen LogP contribution in [0.15, 0.2) is 108 Å². The summed E-state index contributed by atoms with van der Waals surface area (Å²) in [4.78, 5) is 56.2. The summed E-state index contributed by atoms with van der Waals surface area (Å²) in [6.07, 6.45) is 1.94. The molecule has 6 N–H and O–H groups in total. The van der Waals surface area contributed by atoms with Gasteiger partial charge in [-0.2, -0.15) is 0 Å². The standard InChI is InChI=1S/C49H57N5O9/c1-31(2)44(48(59)61-26-7-6-23-50-28-41(56)38-17-19-40(55)46-39(38)18-20-43(57)51-46)52-47(58)35-15-13-32(14-16-35)30-62-37-12-8-11-36(27-37)45(34-9-4-3-5-10-34)53-49(60)63-42-29-54-24-21-33(42)22-25-54/h3-5,8-20,27,31,33,41-42,44-45,50,55-56H,6-7,21-26,28-30H2,1-2H3,(H,51,57)(H,52,58)(H,53,60)/t41?,42?,44?,45-/m0/s1. The molecule has 4 aromatic carbocycles. The summed E-state index contributed by atoms with van der Waals surface area (Å²) in [7, 11) is 0. The van der Waals surface area contributed by atoms with Crippen molar-refractivity contribution in [2.45, 2.75) is 70.4 Å². The number of phenols is 1. The van der Waals surface area contributed by atoms with E-state index >= 15 is 0 Å². The number of benzene rings is 4. The molecule has 4 heterocycles. The normalized spacial score (nSPS) is 18.3. The van der Waals surface area contributed by atoms with E-state index in [1.54, 1.807) is 24.3 Å². The number of phenolic OH excluding ortho intramolecular Hbond substituents is 1. The second-order valence-corrected chi connectivity index (χ2v) is 16.7. The highest BCUT2D eigenvalue weighted by molar-refractivity contribution is 5.97. The largest absolute Gasteiger partial charge is 0.506 e. The molecule has 2 bridgehead atoms. The molecule has 0 aliphatic carbocycles. The first kappa shape index (κ1) is 44.8. The summed E-state index contributed by atoms with van der Waals surface area (Å²) in [6, 6.07) is 29.1. The fraction of sp³-hybridized carbons (Fsp3) is 0.388. The molecule has 3 aliphatic rings. The second kappa shape index (κ2) is 21.2. The van der Waals surface area contributed by atoms with Gasteiger partial charge in [-0.05, 0) is 116 Å². The van der Waals surface area contributed by atoms with Gasteiger partial charge in [0.15, 0.2) is 0 Å².